The SMILES string of the molecule is COC(=O)C1=C(C)NC(CSc2nccn2-c2ccccc2)=C[C@H]1c1cccc([N+](=O)[O-])c1. The molecule has 0 saturated heterocycles. The minimum absolute atomic E-state index is 0.0258. The Labute approximate surface area is 195 Å². The number of allylic oxidation sites excluding steroid dienone is 2. The summed E-state index contributed by atoms with van der Waals surface area (Å²) in [5.41, 5.74) is 3.60. The van der Waals surface area contributed by atoms with Crippen LogP contribution in [0.5, 0.6) is 0 Å². The monoisotopic (exact) mass is 462 g/mol. The topological polar surface area (TPSA) is 99.3 Å². The number of hydrogen-bond donors (Lipinski definition) is 1. The molecule has 33 heavy (non-hydrogen) atoms. The summed E-state index contributed by atoms with van der Waals surface area (Å²) in [5, 5.41) is 15.4. The van der Waals surface area contributed by atoms with Crippen LogP contribution in [0.25, 0.3) is 5.69 Å². The maximum Gasteiger partial charge on any atom is 0.336 e. The van der Waals surface area contributed by atoms with Gasteiger partial charge in [0.05, 0.1) is 17.6 Å². The molecule has 0 amide bonds. The number of rotatable bonds is 7. The summed E-state index contributed by atoms with van der Waals surface area (Å²) in [7, 11) is 1.33. The van der Waals surface area contributed by atoms with Crippen LogP contribution in [0.2, 0.25) is 0 Å². The molecule has 0 unspecified atom stereocenters. The van der Waals surface area contributed by atoms with Gasteiger partial charge in [0.15, 0.2) is 5.16 Å². The number of non-ortho nitro benzene ring substituents is 1. The first-order chi connectivity index (χ1) is 16.0. The third kappa shape index (κ3) is 4.83. The molecule has 0 saturated carbocycles. The average Bonchev–Trinajstić information content (AvgIpc) is 3.31. The summed E-state index contributed by atoms with van der Waals surface area (Å²) < 4.78 is 7.00. The molecule has 2 aromatic carbocycles. The molecule has 1 N–H and O–H groups in total. The number of nitro benzene ring substituents is 1. The van der Waals surface area contributed by atoms with Crippen LogP contribution in [-0.2, 0) is 9.53 Å². The van der Waals surface area contributed by atoms with Gasteiger partial charge in [0.1, 0.15) is 0 Å². The molecule has 4 rings (SSSR count). The highest BCUT2D eigenvalue weighted by Crippen LogP contribution is 2.35. The van der Waals surface area contributed by atoms with Crippen molar-refractivity contribution in [1.29, 1.82) is 0 Å². The van der Waals surface area contributed by atoms with E-state index in [1.807, 2.05) is 47.2 Å². The van der Waals surface area contributed by atoms with Crippen LogP contribution in [0.4, 0.5) is 5.69 Å². The molecule has 3 aromatic rings. The van der Waals surface area contributed by atoms with Gasteiger partial charge in [-0.1, -0.05) is 48.2 Å². The quantitative estimate of drug-likeness (QED) is 0.237. The summed E-state index contributed by atoms with van der Waals surface area (Å²) in [5.74, 6) is -0.372. The molecule has 0 spiro atoms. The normalized spacial score (nSPS) is 15.6. The zero-order chi connectivity index (χ0) is 23.4. The van der Waals surface area contributed by atoms with Gasteiger partial charge in [-0.15, -0.1) is 0 Å². The molecule has 0 aliphatic carbocycles. The fourth-order valence-electron chi connectivity index (χ4n) is 3.76. The lowest BCUT2D eigenvalue weighted by Gasteiger charge is -2.26. The van der Waals surface area contributed by atoms with E-state index in [1.54, 1.807) is 37.0 Å². The molecule has 0 fully saturated rings. The lowest BCUT2D eigenvalue weighted by Crippen LogP contribution is -2.27. The van der Waals surface area contributed by atoms with Crippen molar-refractivity contribution in [2.75, 3.05) is 12.9 Å². The van der Waals surface area contributed by atoms with Crippen LogP contribution in [-0.4, -0.2) is 33.3 Å². The average molecular weight is 463 g/mol. The second kappa shape index (κ2) is 9.74. The highest BCUT2D eigenvalue weighted by Gasteiger charge is 2.29. The van der Waals surface area contributed by atoms with E-state index >= 15 is 0 Å². The number of carbonyl (C=O) groups excluding carboxylic acids is 1. The molecule has 2 heterocycles. The number of imidazole rings is 1. The summed E-state index contributed by atoms with van der Waals surface area (Å²) in [6, 6.07) is 16.3. The molecule has 1 atom stereocenters. The first kappa shape index (κ1) is 22.3. The van der Waals surface area contributed by atoms with Gasteiger partial charge < -0.3 is 10.1 Å². The van der Waals surface area contributed by atoms with Crippen molar-refractivity contribution in [3.63, 3.8) is 0 Å². The van der Waals surface area contributed by atoms with E-state index in [-0.39, 0.29) is 5.69 Å². The molecule has 0 radical (unpaired) electrons. The van der Waals surface area contributed by atoms with Crippen LogP contribution >= 0.6 is 11.8 Å². The van der Waals surface area contributed by atoms with E-state index < -0.39 is 16.8 Å². The van der Waals surface area contributed by atoms with E-state index in [0.717, 1.165) is 16.5 Å². The number of carbonyl (C=O) groups is 1. The van der Waals surface area contributed by atoms with Gasteiger partial charge in [0, 0.05) is 53.3 Å². The Kier molecular flexibility index (Phi) is 6.60. The number of thioether (sulfide) groups is 1. The van der Waals surface area contributed by atoms with Gasteiger partial charge in [0.25, 0.3) is 5.69 Å². The Morgan fingerprint density at radius 1 is 1.24 bits per heavy atom. The Morgan fingerprint density at radius 2 is 2.03 bits per heavy atom. The fourth-order valence-corrected chi connectivity index (χ4v) is 4.65. The lowest BCUT2D eigenvalue weighted by atomic mass is 9.86. The van der Waals surface area contributed by atoms with Gasteiger partial charge in [-0.3, -0.25) is 14.7 Å². The molecule has 0 bridgehead atoms. The van der Waals surface area contributed by atoms with Crippen LogP contribution < -0.4 is 5.32 Å². The van der Waals surface area contributed by atoms with Gasteiger partial charge in [-0.2, -0.15) is 0 Å². The number of methoxy groups -OCH3 is 1. The first-order valence-electron chi connectivity index (χ1n) is 10.2. The predicted molar refractivity (Wildman–Crippen MR) is 126 cm³/mol. The van der Waals surface area contributed by atoms with Crippen molar-refractivity contribution in [2.45, 2.75) is 18.0 Å². The van der Waals surface area contributed by atoms with Gasteiger partial charge in [-0.25, -0.2) is 9.78 Å². The van der Waals surface area contributed by atoms with Crippen molar-refractivity contribution in [2.24, 2.45) is 0 Å². The summed E-state index contributed by atoms with van der Waals surface area (Å²) in [6.45, 7) is 1.80. The largest absolute Gasteiger partial charge is 0.466 e. The fraction of sp³-hybridized carbons (Fsp3) is 0.167. The van der Waals surface area contributed by atoms with Crippen LogP contribution in [0.3, 0.4) is 0 Å². The maximum absolute atomic E-state index is 12.5. The summed E-state index contributed by atoms with van der Waals surface area (Å²) in [4.78, 5) is 27.8. The molecule has 8 nitrogen and oxygen atoms in total. The predicted octanol–water partition coefficient (Wildman–Crippen LogP) is 4.59. The van der Waals surface area contributed by atoms with Crippen molar-refractivity contribution in [3.05, 3.63) is 106 Å². The van der Waals surface area contributed by atoms with Gasteiger partial charge >= 0.3 is 5.97 Å². The van der Waals surface area contributed by atoms with Gasteiger partial charge in [0.2, 0.25) is 0 Å². The molecular weight excluding hydrogens is 440 g/mol. The van der Waals surface area contributed by atoms with E-state index in [1.165, 1.54) is 19.2 Å². The molecular formula is C24H22N4O4S. The lowest BCUT2D eigenvalue weighted by molar-refractivity contribution is -0.384. The number of ether oxygens (including phenoxy) is 1. The van der Waals surface area contributed by atoms with Crippen LogP contribution in [0.15, 0.2) is 95.2 Å². The molecule has 1 aliphatic heterocycles. The number of benzene rings is 2. The van der Waals surface area contributed by atoms with Crippen LogP contribution in [0, 0.1) is 10.1 Å². The molecule has 168 valence electrons. The number of hydrogen-bond acceptors (Lipinski definition) is 7. The third-order valence-electron chi connectivity index (χ3n) is 5.27. The van der Waals surface area contributed by atoms with E-state index in [0.29, 0.717) is 22.6 Å². The highest BCUT2D eigenvalue weighted by molar-refractivity contribution is 7.99. The van der Waals surface area contributed by atoms with E-state index in [2.05, 4.69) is 10.3 Å². The number of dihydropyridines is 1. The Balaban J connectivity index is 1.63. The molecule has 1 aromatic heterocycles. The zero-order valence-corrected chi connectivity index (χ0v) is 18.9. The van der Waals surface area contributed by atoms with E-state index in [9.17, 15) is 14.9 Å². The summed E-state index contributed by atoms with van der Waals surface area (Å²) >= 11 is 1.55. The minimum Gasteiger partial charge on any atom is -0.466 e. The zero-order valence-electron chi connectivity index (χ0n) is 18.1. The highest BCUT2D eigenvalue weighted by atomic mass is 32.2. The number of para-hydroxylation sites is 1. The second-order valence-corrected chi connectivity index (χ2v) is 8.32. The number of nitrogens with zero attached hydrogens (tertiary/aromatic N) is 3. The number of aromatic nitrogens is 2. The number of nitrogens with one attached hydrogen (secondary N) is 1. The second-order valence-electron chi connectivity index (χ2n) is 7.38. The maximum atomic E-state index is 12.5. The van der Waals surface area contributed by atoms with Crippen molar-refractivity contribution < 1.29 is 14.5 Å². The first-order valence-corrected chi connectivity index (χ1v) is 11.2. The smallest absolute Gasteiger partial charge is 0.336 e. The molecule has 1 aliphatic rings. The Morgan fingerprint density at radius 3 is 2.76 bits per heavy atom. The van der Waals surface area contributed by atoms with Crippen molar-refractivity contribution in [1.82, 2.24) is 14.9 Å². The Hall–Kier alpha value is -3.85. The van der Waals surface area contributed by atoms with E-state index in [4.69, 9.17) is 4.74 Å². The minimum atomic E-state index is -0.473. The van der Waals surface area contributed by atoms with Crippen molar-refractivity contribution >= 4 is 23.4 Å². The van der Waals surface area contributed by atoms with Crippen LogP contribution in [0.1, 0.15) is 18.4 Å². The number of nitro groups is 1. The standard InChI is InChI=1S/C24H22N4O4S/c1-16-22(23(29)32-2)21(17-7-6-10-20(13-17)28(30)31)14-18(26-16)15-33-24-25-11-12-27(24)19-8-4-3-5-9-19/h3-14,21,26H,15H2,1-2H3/t21-/m0/s1. The van der Waals surface area contributed by atoms with Crippen molar-refractivity contribution in [3.8, 4) is 5.69 Å². The van der Waals surface area contributed by atoms with Gasteiger partial charge in [-0.05, 0) is 24.6 Å². The third-order valence-corrected chi connectivity index (χ3v) is 6.29. The summed E-state index contributed by atoms with van der Waals surface area (Å²) in [6.07, 6.45) is 5.58. The number of esters is 1. The Bertz CT molecular complexity index is 1250. The molecule has 9 heteroatoms.